The van der Waals surface area contributed by atoms with E-state index >= 15 is 0 Å². The van der Waals surface area contributed by atoms with Crippen LogP contribution in [0.5, 0.6) is 0 Å². The second-order valence-corrected chi connectivity index (χ2v) is 10.0. The van der Waals surface area contributed by atoms with Gasteiger partial charge in [-0.15, -0.1) is 0 Å². The molecule has 8 heteroatoms. The molecule has 0 amide bonds. The molecule has 1 N–H and O–H groups in total. The summed E-state index contributed by atoms with van der Waals surface area (Å²) in [5, 5.41) is 8.22. The van der Waals surface area contributed by atoms with E-state index < -0.39 is 38.6 Å². The standard InChI is InChI=1S/C21H21ClF2O4S/c22-14-2-1-3-16(11-14)29(27,28)20-10-13(5-9-21(25)26)4-7-17(20)18-12-15(23)6-8-19(18)24/h1-3,6,8,11-13,17,20H,4-5,7,9-10H2,(H,25,26)/t13-,17?,20+/m0/s1. The van der Waals surface area contributed by atoms with Gasteiger partial charge in [0.25, 0.3) is 0 Å². The van der Waals surface area contributed by atoms with Gasteiger partial charge in [0.2, 0.25) is 0 Å². The van der Waals surface area contributed by atoms with Gasteiger partial charge in [0.1, 0.15) is 11.6 Å². The van der Waals surface area contributed by atoms with Gasteiger partial charge in [-0.3, -0.25) is 4.79 Å². The van der Waals surface area contributed by atoms with Gasteiger partial charge in [-0.25, -0.2) is 17.2 Å². The van der Waals surface area contributed by atoms with E-state index in [4.69, 9.17) is 16.7 Å². The van der Waals surface area contributed by atoms with Crippen LogP contribution in [0.4, 0.5) is 8.78 Å². The van der Waals surface area contributed by atoms with E-state index in [-0.39, 0.29) is 34.2 Å². The van der Waals surface area contributed by atoms with E-state index in [0.717, 1.165) is 18.2 Å². The molecule has 1 aliphatic rings. The molecule has 0 saturated heterocycles. The van der Waals surface area contributed by atoms with E-state index in [2.05, 4.69) is 0 Å². The smallest absolute Gasteiger partial charge is 0.303 e. The van der Waals surface area contributed by atoms with Gasteiger partial charge in [-0.05, 0) is 73.6 Å². The highest BCUT2D eigenvalue weighted by Gasteiger charge is 2.41. The molecule has 0 bridgehead atoms. The van der Waals surface area contributed by atoms with Crippen molar-refractivity contribution in [1.29, 1.82) is 0 Å². The molecule has 29 heavy (non-hydrogen) atoms. The molecule has 0 aliphatic heterocycles. The Bertz CT molecular complexity index is 1010. The van der Waals surface area contributed by atoms with Gasteiger partial charge in [0.15, 0.2) is 9.84 Å². The van der Waals surface area contributed by atoms with Crippen molar-refractivity contribution < 1.29 is 27.1 Å². The summed E-state index contributed by atoms with van der Waals surface area (Å²) in [6.45, 7) is 0. The van der Waals surface area contributed by atoms with E-state index in [0.29, 0.717) is 19.3 Å². The fourth-order valence-electron chi connectivity index (χ4n) is 4.12. The zero-order valence-electron chi connectivity index (χ0n) is 15.5. The molecule has 4 nitrogen and oxygen atoms in total. The molecule has 0 heterocycles. The van der Waals surface area contributed by atoms with Gasteiger partial charge in [0.05, 0.1) is 10.1 Å². The number of halogens is 3. The number of sulfone groups is 1. The maximum Gasteiger partial charge on any atom is 0.303 e. The SMILES string of the molecule is O=C(O)CC[C@@H]1CCC(c2cc(F)ccc2F)[C@H](S(=O)(=O)c2cccc(Cl)c2)C1. The predicted octanol–water partition coefficient (Wildman–Crippen LogP) is 5.21. The van der Waals surface area contributed by atoms with Crippen LogP contribution in [0, 0.1) is 17.6 Å². The summed E-state index contributed by atoms with van der Waals surface area (Å²) < 4.78 is 55.1. The number of aliphatic carboxylic acids is 1. The van der Waals surface area contributed by atoms with Crippen LogP contribution >= 0.6 is 11.6 Å². The number of carbonyl (C=O) groups is 1. The summed E-state index contributed by atoms with van der Waals surface area (Å²) in [7, 11) is -3.90. The summed E-state index contributed by atoms with van der Waals surface area (Å²) in [5.41, 5.74) is 0.0392. The normalized spacial score (nSPS) is 22.4. The summed E-state index contributed by atoms with van der Waals surface area (Å²) in [6, 6.07) is 8.91. The van der Waals surface area contributed by atoms with Crippen molar-refractivity contribution in [3.63, 3.8) is 0 Å². The predicted molar refractivity (Wildman–Crippen MR) is 106 cm³/mol. The number of hydrogen-bond donors (Lipinski definition) is 1. The monoisotopic (exact) mass is 442 g/mol. The largest absolute Gasteiger partial charge is 0.481 e. The Hall–Kier alpha value is -1.99. The summed E-state index contributed by atoms with van der Waals surface area (Å²) in [5.74, 6) is -3.08. The highest BCUT2D eigenvalue weighted by Crippen LogP contribution is 2.44. The van der Waals surface area contributed by atoms with Crippen LogP contribution in [0.1, 0.15) is 43.6 Å². The average molecular weight is 443 g/mol. The van der Waals surface area contributed by atoms with E-state index in [1.165, 1.54) is 18.2 Å². The average Bonchev–Trinajstić information content (AvgIpc) is 2.68. The molecular formula is C21H21ClF2O4S. The molecule has 3 rings (SSSR count). The minimum Gasteiger partial charge on any atom is -0.481 e. The van der Waals surface area contributed by atoms with Gasteiger partial charge in [-0.1, -0.05) is 17.7 Å². The van der Waals surface area contributed by atoms with Gasteiger partial charge in [0, 0.05) is 17.4 Å². The van der Waals surface area contributed by atoms with Crippen LogP contribution in [0.15, 0.2) is 47.4 Å². The molecule has 0 aromatic heterocycles. The third kappa shape index (κ3) is 4.95. The molecule has 2 aromatic carbocycles. The second kappa shape index (κ2) is 8.79. The molecular weight excluding hydrogens is 422 g/mol. The van der Waals surface area contributed by atoms with Gasteiger partial charge < -0.3 is 5.11 Å². The number of carboxylic acid groups (broad SMARTS) is 1. The lowest BCUT2D eigenvalue weighted by molar-refractivity contribution is -0.137. The minimum absolute atomic E-state index is 0.0238. The first-order valence-corrected chi connectivity index (χ1v) is 11.3. The summed E-state index contributed by atoms with van der Waals surface area (Å²) in [6.07, 6.45) is 1.34. The van der Waals surface area contributed by atoms with Crippen molar-refractivity contribution in [2.75, 3.05) is 0 Å². The fourth-order valence-corrected chi connectivity index (χ4v) is 6.52. The lowest BCUT2D eigenvalue weighted by Crippen LogP contribution is -2.35. The van der Waals surface area contributed by atoms with Crippen LogP contribution in [-0.2, 0) is 14.6 Å². The topological polar surface area (TPSA) is 71.4 Å². The second-order valence-electron chi connectivity index (χ2n) is 7.42. The van der Waals surface area contributed by atoms with Crippen molar-refractivity contribution in [2.24, 2.45) is 5.92 Å². The van der Waals surface area contributed by atoms with Gasteiger partial charge in [-0.2, -0.15) is 0 Å². The zero-order chi connectivity index (χ0) is 21.2. The number of hydrogen-bond acceptors (Lipinski definition) is 3. The zero-order valence-corrected chi connectivity index (χ0v) is 17.1. The van der Waals surface area contributed by atoms with E-state index in [1.807, 2.05) is 0 Å². The highest BCUT2D eigenvalue weighted by molar-refractivity contribution is 7.92. The third-order valence-electron chi connectivity index (χ3n) is 5.55. The molecule has 0 spiro atoms. The van der Waals surface area contributed by atoms with Crippen molar-refractivity contribution >= 4 is 27.4 Å². The first-order chi connectivity index (χ1) is 13.7. The first-order valence-electron chi connectivity index (χ1n) is 9.34. The first kappa shape index (κ1) is 21.7. The third-order valence-corrected chi connectivity index (χ3v) is 8.01. The lowest BCUT2D eigenvalue weighted by Gasteiger charge is -2.36. The van der Waals surface area contributed by atoms with E-state index in [9.17, 15) is 22.0 Å². The molecule has 1 unspecified atom stereocenters. The molecule has 1 aliphatic carbocycles. The molecule has 3 atom stereocenters. The highest BCUT2D eigenvalue weighted by atomic mass is 35.5. The van der Waals surface area contributed by atoms with Crippen LogP contribution in [0.25, 0.3) is 0 Å². The Labute approximate surface area is 173 Å². The molecule has 156 valence electrons. The number of carboxylic acids is 1. The summed E-state index contributed by atoms with van der Waals surface area (Å²) >= 11 is 5.96. The fraction of sp³-hybridized carbons (Fsp3) is 0.381. The maximum absolute atomic E-state index is 14.5. The number of benzene rings is 2. The number of rotatable bonds is 6. The quantitative estimate of drug-likeness (QED) is 0.666. The van der Waals surface area contributed by atoms with Crippen LogP contribution in [0.2, 0.25) is 5.02 Å². The van der Waals surface area contributed by atoms with E-state index in [1.54, 1.807) is 6.07 Å². The van der Waals surface area contributed by atoms with Crippen molar-refractivity contribution in [2.45, 2.75) is 48.2 Å². The Kier molecular flexibility index (Phi) is 6.58. The van der Waals surface area contributed by atoms with Crippen molar-refractivity contribution in [3.8, 4) is 0 Å². The van der Waals surface area contributed by atoms with Crippen LogP contribution in [-0.4, -0.2) is 24.7 Å². The Balaban J connectivity index is 2.01. The minimum atomic E-state index is -3.90. The lowest BCUT2D eigenvalue weighted by atomic mass is 9.76. The Morgan fingerprint density at radius 2 is 1.90 bits per heavy atom. The Morgan fingerprint density at radius 3 is 2.59 bits per heavy atom. The molecule has 1 saturated carbocycles. The molecule has 0 radical (unpaired) electrons. The van der Waals surface area contributed by atoms with Gasteiger partial charge >= 0.3 is 5.97 Å². The molecule has 2 aromatic rings. The van der Waals surface area contributed by atoms with Crippen molar-refractivity contribution in [1.82, 2.24) is 0 Å². The van der Waals surface area contributed by atoms with Crippen LogP contribution < -0.4 is 0 Å². The van der Waals surface area contributed by atoms with Crippen LogP contribution in [0.3, 0.4) is 0 Å². The maximum atomic E-state index is 14.5. The summed E-state index contributed by atoms with van der Waals surface area (Å²) in [4.78, 5) is 10.9. The molecule has 1 fully saturated rings. The Morgan fingerprint density at radius 1 is 1.14 bits per heavy atom. The van der Waals surface area contributed by atoms with Crippen molar-refractivity contribution in [3.05, 3.63) is 64.7 Å².